The van der Waals surface area contributed by atoms with Gasteiger partial charge in [-0.25, -0.2) is 0 Å². The van der Waals surface area contributed by atoms with Crippen molar-refractivity contribution in [2.24, 2.45) is 0 Å². The lowest BCUT2D eigenvalue weighted by Gasteiger charge is -2.10. The summed E-state index contributed by atoms with van der Waals surface area (Å²) in [5.41, 5.74) is 0.837. The molecule has 1 heterocycles. The number of fused-ring (bicyclic) bond motifs is 1. The monoisotopic (exact) mass is 190 g/mol. The average molecular weight is 190 g/mol. The number of benzene rings is 1. The lowest BCUT2D eigenvalue weighted by Crippen LogP contribution is -2.21. The molecule has 1 aromatic rings. The Morgan fingerprint density at radius 2 is 2.00 bits per heavy atom. The summed E-state index contributed by atoms with van der Waals surface area (Å²) in [6, 6.07) is 10.3. The van der Waals surface area contributed by atoms with Crippen LogP contribution in [-0.4, -0.2) is 17.3 Å². The van der Waals surface area contributed by atoms with Crippen LogP contribution in [-0.2, 0) is 10.3 Å². The standard InChI is InChI=1S/C12H14O2/c13-9-11-7-4-8-12(11,14-11)10-5-2-1-3-6-10/h1-3,5-6,13H,4,7-9H2/t11-,12?/m1/s1. The van der Waals surface area contributed by atoms with Gasteiger partial charge in [-0.15, -0.1) is 0 Å². The molecule has 1 unspecified atom stereocenters. The lowest BCUT2D eigenvalue weighted by molar-refractivity contribution is 0.150. The third-order valence-electron chi connectivity index (χ3n) is 3.67. The number of hydrogen-bond donors (Lipinski definition) is 1. The van der Waals surface area contributed by atoms with Crippen molar-refractivity contribution >= 4 is 0 Å². The van der Waals surface area contributed by atoms with E-state index in [4.69, 9.17) is 4.74 Å². The van der Waals surface area contributed by atoms with E-state index in [1.165, 1.54) is 5.56 Å². The Kier molecular flexibility index (Phi) is 1.56. The van der Waals surface area contributed by atoms with Crippen molar-refractivity contribution in [3.63, 3.8) is 0 Å². The zero-order valence-corrected chi connectivity index (χ0v) is 8.07. The number of ether oxygens (including phenoxy) is 1. The van der Waals surface area contributed by atoms with Crippen molar-refractivity contribution in [1.82, 2.24) is 0 Å². The van der Waals surface area contributed by atoms with Crippen LogP contribution in [0.15, 0.2) is 30.3 Å². The lowest BCUT2D eigenvalue weighted by atomic mass is 9.89. The largest absolute Gasteiger partial charge is 0.393 e. The first-order chi connectivity index (χ1) is 6.83. The van der Waals surface area contributed by atoms with Crippen LogP contribution in [0.2, 0.25) is 0 Å². The van der Waals surface area contributed by atoms with Crippen LogP contribution < -0.4 is 0 Å². The topological polar surface area (TPSA) is 32.8 Å². The summed E-state index contributed by atoms with van der Waals surface area (Å²) >= 11 is 0. The van der Waals surface area contributed by atoms with Gasteiger partial charge in [0.2, 0.25) is 0 Å². The molecule has 0 amide bonds. The second kappa shape index (κ2) is 2.59. The molecule has 3 rings (SSSR count). The molecule has 2 heteroatoms. The summed E-state index contributed by atoms with van der Waals surface area (Å²) in [5.74, 6) is 0. The number of rotatable bonds is 2. The van der Waals surface area contributed by atoms with Gasteiger partial charge in [-0.3, -0.25) is 0 Å². The molecule has 14 heavy (non-hydrogen) atoms. The maximum atomic E-state index is 9.37. The molecule has 0 spiro atoms. The van der Waals surface area contributed by atoms with E-state index in [-0.39, 0.29) is 17.8 Å². The number of aliphatic hydroxyl groups is 1. The van der Waals surface area contributed by atoms with E-state index < -0.39 is 0 Å². The van der Waals surface area contributed by atoms with Crippen LogP contribution in [0, 0.1) is 0 Å². The predicted octanol–water partition coefficient (Wildman–Crippen LogP) is 1.83. The SMILES string of the molecule is OC[C@]12CCCC1(c1ccccc1)O2. The Labute approximate surface area is 83.5 Å². The Hall–Kier alpha value is -0.860. The normalized spacial score (nSPS) is 39.5. The van der Waals surface area contributed by atoms with Crippen molar-refractivity contribution in [3.8, 4) is 0 Å². The van der Waals surface area contributed by atoms with Gasteiger partial charge < -0.3 is 9.84 Å². The Morgan fingerprint density at radius 3 is 2.64 bits per heavy atom. The third kappa shape index (κ3) is 0.830. The Bertz CT molecular complexity index is 349. The molecular formula is C12H14O2. The molecule has 0 bridgehead atoms. The van der Waals surface area contributed by atoms with Gasteiger partial charge in [0.1, 0.15) is 11.2 Å². The molecule has 1 saturated carbocycles. The molecule has 1 saturated heterocycles. The average Bonchev–Trinajstić information content (AvgIpc) is 2.79. The first kappa shape index (κ1) is 8.45. The highest BCUT2D eigenvalue weighted by atomic mass is 16.6. The van der Waals surface area contributed by atoms with E-state index in [1.54, 1.807) is 0 Å². The molecule has 1 aliphatic heterocycles. The van der Waals surface area contributed by atoms with Gasteiger partial charge in [-0.05, 0) is 24.8 Å². The van der Waals surface area contributed by atoms with E-state index in [1.807, 2.05) is 18.2 Å². The van der Waals surface area contributed by atoms with Crippen LogP contribution in [0.4, 0.5) is 0 Å². The van der Waals surface area contributed by atoms with E-state index in [0.717, 1.165) is 19.3 Å². The summed E-state index contributed by atoms with van der Waals surface area (Å²) in [5, 5.41) is 9.37. The fourth-order valence-corrected chi connectivity index (χ4v) is 2.88. The van der Waals surface area contributed by atoms with E-state index in [9.17, 15) is 5.11 Å². The van der Waals surface area contributed by atoms with Crippen LogP contribution in [0.3, 0.4) is 0 Å². The molecule has 2 aliphatic rings. The van der Waals surface area contributed by atoms with Crippen molar-refractivity contribution in [3.05, 3.63) is 35.9 Å². The summed E-state index contributed by atoms with van der Waals surface area (Å²) in [6.45, 7) is 0.155. The molecule has 1 aliphatic carbocycles. The summed E-state index contributed by atoms with van der Waals surface area (Å²) < 4.78 is 5.81. The fourth-order valence-electron chi connectivity index (χ4n) is 2.88. The van der Waals surface area contributed by atoms with Crippen molar-refractivity contribution in [2.75, 3.05) is 6.61 Å². The Balaban J connectivity index is 2.01. The second-order valence-electron chi connectivity index (χ2n) is 4.30. The van der Waals surface area contributed by atoms with Crippen molar-refractivity contribution in [2.45, 2.75) is 30.5 Å². The fraction of sp³-hybridized carbons (Fsp3) is 0.500. The zero-order chi connectivity index (χ0) is 9.65. The highest BCUT2D eigenvalue weighted by molar-refractivity contribution is 5.36. The number of aliphatic hydroxyl groups excluding tert-OH is 1. The molecule has 2 nitrogen and oxygen atoms in total. The first-order valence-corrected chi connectivity index (χ1v) is 5.20. The number of epoxide rings is 1. The third-order valence-corrected chi connectivity index (χ3v) is 3.67. The van der Waals surface area contributed by atoms with Crippen LogP contribution >= 0.6 is 0 Å². The molecule has 74 valence electrons. The quantitative estimate of drug-likeness (QED) is 0.722. The minimum Gasteiger partial charge on any atom is -0.393 e. The maximum absolute atomic E-state index is 9.37. The highest BCUT2D eigenvalue weighted by Crippen LogP contribution is 2.65. The summed E-state index contributed by atoms with van der Waals surface area (Å²) in [7, 11) is 0. The van der Waals surface area contributed by atoms with Crippen molar-refractivity contribution in [1.29, 1.82) is 0 Å². The van der Waals surface area contributed by atoms with Crippen molar-refractivity contribution < 1.29 is 9.84 Å². The molecule has 0 aromatic heterocycles. The number of hydrogen-bond acceptors (Lipinski definition) is 2. The molecule has 1 aromatic carbocycles. The minimum absolute atomic E-state index is 0.150. The van der Waals surface area contributed by atoms with Gasteiger partial charge in [0.25, 0.3) is 0 Å². The van der Waals surface area contributed by atoms with Crippen LogP contribution in [0.5, 0.6) is 0 Å². The summed E-state index contributed by atoms with van der Waals surface area (Å²) in [4.78, 5) is 0. The van der Waals surface area contributed by atoms with E-state index >= 15 is 0 Å². The van der Waals surface area contributed by atoms with Gasteiger partial charge in [-0.2, -0.15) is 0 Å². The predicted molar refractivity (Wildman–Crippen MR) is 52.9 cm³/mol. The second-order valence-corrected chi connectivity index (χ2v) is 4.30. The van der Waals surface area contributed by atoms with E-state index in [0.29, 0.717) is 0 Å². The molecule has 0 radical (unpaired) electrons. The Morgan fingerprint density at radius 1 is 1.21 bits per heavy atom. The molecule has 2 fully saturated rings. The smallest absolute Gasteiger partial charge is 0.125 e. The molecule has 2 atom stereocenters. The van der Waals surface area contributed by atoms with Crippen LogP contribution in [0.25, 0.3) is 0 Å². The van der Waals surface area contributed by atoms with Gasteiger partial charge in [0.15, 0.2) is 0 Å². The van der Waals surface area contributed by atoms with Gasteiger partial charge in [0, 0.05) is 0 Å². The molecule has 1 N–H and O–H groups in total. The maximum Gasteiger partial charge on any atom is 0.125 e. The van der Waals surface area contributed by atoms with Gasteiger partial charge in [-0.1, -0.05) is 30.3 Å². The summed E-state index contributed by atoms with van der Waals surface area (Å²) in [6.07, 6.45) is 3.21. The molecular weight excluding hydrogens is 176 g/mol. The van der Waals surface area contributed by atoms with Gasteiger partial charge >= 0.3 is 0 Å². The highest BCUT2D eigenvalue weighted by Gasteiger charge is 2.72. The van der Waals surface area contributed by atoms with Crippen LogP contribution in [0.1, 0.15) is 24.8 Å². The van der Waals surface area contributed by atoms with E-state index in [2.05, 4.69) is 12.1 Å². The van der Waals surface area contributed by atoms with Gasteiger partial charge in [0.05, 0.1) is 6.61 Å². The zero-order valence-electron chi connectivity index (χ0n) is 8.07. The minimum atomic E-state index is -0.242. The first-order valence-electron chi connectivity index (χ1n) is 5.20.